The fourth-order valence-electron chi connectivity index (χ4n) is 2.03. The Hall–Kier alpha value is -2.00. The van der Waals surface area contributed by atoms with Gasteiger partial charge in [0.1, 0.15) is 12.4 Å². The van der Waals surface area contributed by atoms with E-state index in [2.05, 4.69) is 24.0 Å². The molecule has 3 heteroatoms. The highest BCUT2D eigenvalue weighted by Gasteiger charge is 2.03. The number of rotatable bonds is 5. The molecule has 106 valence electrons. The Morgan fingerprint density at radius 2 is 1.75 bits per heavy atom. The lowest BCUT2D eigenvalue weighted by Crippen LogP contribution is -2.19. The maximum atomic E-state index is 5.86. The molecule has 0 atom stereocenters. The molecule has 0 aliphatic rings. The van der Waals surface area contributed by atoms with Crippen molar-refractivity contribution in [1.82, 2.24) is 4.90 Å². The second-order valence-electron chi connectivity index (χ2n) is 5.25. The number of nitrogen functional groups attached to an aromatic ring is 1. The minimum Gasteiger partial charge on any atom is -0.492 e. The lowest BCUT2D eigenvalue weighted by molar-refractivity contribution is 0.261. The molecule has 0 aliphatic carbocycles. The summed E-state index contributed by atoms with van der Waals surface area (Å²) in [5.74, 6) is 0.900. The molecule has 0 saturated heterocycles. The number of aryl methyl sites for hydroxylation is 1. The average Bonchev–Trinajstić information content (AvgIpc) is 2.42. The summed E-state index contributed by atoms with van der Waals surface area (Å²) in [5.41, 5.74) is 10.2. The van der Waals surface area contributed by atoms with E-state index in [0.29, 0.717) is 6.61 Å². The van der Waals surface area contributed by atoms with E-state index in [1.165, 1.54) is 11.1 Å². The van der Waals surface area contributed by atoms with Gasteiger partial charge in [0.25, 0.3) is 0 Å². The number of benzene rings is 2. The van der Waals surface area contributed by atoms with Crippen LogP contribution in [-0.4, -0.2) is 32.1 Å². The molecule has 2 aromatic carbocycles. The summed E-state index contributed by atoms with van der Waals surface area (Å²) < 4.78 is 5.70. The minimum absolute atomic E-state index is 0.698. The van der Waals surface area contributed by atoms with Gasteiger partial charge in [0.15, 0.2) is 0 Å². The van der Waals surface area contributed by atoms with Gasteiger partial charge in [-0.25, -0.2) is 0 Å². The summed E-state index contributed by atoms with van der Waals surface area (Å²) in [6.45, 7) is 3.70. The van der Waals surface area contributed by atoms with Gasteiger partial charge in [-0.2, -0.15) is 0 Å². The van der Waals surface area contributed by atoms with Crippen LogP contribution in [0.3, 0.4) is 0 Å². The quantitative estimate of drug-likeness (QED) is 0.848. The fraction of sp³-hybridized carbons (Fsp3) is 0.294. The van der Waals surface area contributed by atoms with Gasteiger partial charge in [-0.15, -0.1) is 0 Å². The number of likely N-dealkylation sites (N-methyl/N-ethyl adjacent to an activating group) is 1. The first-order valence-corrected chi connectivity index (χ1v) is 6.80. The van der Waals surface area contributed by atoms with Crippen LogP contribution >= 0.6 is 0 Å². The minimum atomic E-state index is 0.698. The second-order valence-corrected chi connectivity index (χ2v) is 5.25. The van der Waals surface area contributed by atoms with Crippen LogP contribution in [0, 0.1) is 6.92 Å². The number of hydrogen-bond acceptors (Lipinski definition) is 3. The Bertz CT molecular complexity index is 562. The molecule has 0 aromatic heterocycles. The van der Waals surface area contributed by atoms with Crippen molar-refractivity contribution in [2.45, 2.75) is 6.92 Å². The highest BCUT2D eigenvalue weighted by Crippen LogP contribution is 2.27. The van der Waals surface area contributed by atoms with Crippen molar-refractivity contribution < 1.29 is 4.74 Å². The summed E-state index contributed by atoms with van der Waals surface area (Å²) in [4.78, 5) is 2.10. The van der Waals surface area contributed by atoms with Crippen molar-refractivity contribution in [3.63, 3.8) is 0 Å². The van der Waals surface area contributed by atoms with Gasteiger partial charge in [0, 0.05) is 12.2 Å². The lowest BCUT2D eigenvalue weighted by Gasteiger charge is -2.12. The van der Waals surface area contributed by atoms with E-state index in [9.17, 15) is 0 Å². The first-order chi connectivity index (χ1) is 9.56. The Morgan fingerprint density at radius 1 is 1.05 bits per heavy atom. The van der Waals surface area contributed by atoms with Crippen LogP contribution in [0.1, 0.15) is 5.56 Å². The van der Waals surface area contributed by atoms with Crippen LogP contribution in [0.25, 0.3) is 11.1 Å². The monoisotopic (exact) mass is 270 g/mol. The van der Waals surface area contributed by atoms with E-state index < -0.39 is 0 Å². The molecule has 2 rings (SSSR count). The van der Waals surface area contributed by atoms with Crippen molar-refractivity contribution in [3.8, 4) is 16.9 Å². The average molecular weight is 270 g/mol. The fourth-order valence-corrected chi connectivity index (χ4v) is 2.03. The lowest BCUT2D eigenvalue weighted by atomic mass is 10.00. The molecule has 2 aromatic rings. The smallest absolute Gasteiger partial charge is 0.119 e. The van der Waals surface area contributed by atoms with Crippen molar-refractivity contribution in [2.75, 3.05) is 33.0 Å². The number of hydrogen-bond donors (Lipinski definition) is 1. The number of nitrogens with two attached hydrogens (primary N) is 1. The van der Waals surface area contributed by atoms with Crippen LogP contribution in [0.2, 0.25) is 0 Å². The molecule has 0 amide bonds. The van der Waals surface area contributed by atoms with Gasteiger partial charge in [-0.05, 0) is 62.0 Å². The predicted molar refractivity (Wildman–Crippen MR) is 85.1 cm³/mol. The van der Waals surface area contributed by atoms with Crippen molar-refractivity contribution in [1.29, 1.82) is 0 Å². The van der Waals surface area contributed by atoms with Crippen LogP contribution < -0.4 is 10.5 Å². The van der Waals surface area contributed by atoms with Crippen molar-refractivity contribution >= 4 is 5.69 Å². The SMILES string of the molecule is Cc1ccc(N)cc1-c1ccc(OCCN(C)C)cc1. The van der Waals surface area contributed by atoms with Crippen LogP contribution in [-0.2, 0) is 0 Å². The maximum absolute atomic E-state index is 5.86. The standard InChI is InChI=1S/C17H22N2O/c1-13-4-7-15(18)12-17(13)14-5-8-16(9-6-14)20-11-10-19(2)3/h4-9,12H,10-11,18H2,1-3H3. The first kappa shape index (κ1) is 14.4. The van der Waals surface area contributed by atoms with Crippen molar-refractivity contribution in [2.24, 2.45) is 0 Å². The van der Waals surface area contributed by atoms with E-state index in [4.69, 9.17) is 10.5 Å². The molecule has 3 nitrogen and oxygen atoms in total. The third-order valence-electron chi connectivity index (χ3n) is 3.23. The molecule has 2 N–H and O–H groups in total. The topological polar surface area (TPSA) is 38.5 Å². The van der Waals surface area contributed by atoms with Crippen LogP contribution in [0.15, 0.2) is 42.5 Å². The van der Waals surface area contributed by atoms with Gasteiger partial charge < -0.3 is 15.4 Å². The van der Waals surface area contributed by atoms with Gasteiger partial charge in [0.05, 0.1) is 0 Å². The maximum Gasteiger partial charge on any atom is 0.119 e. The first-order valence-electron chi connectivity index (χ1n) is 6.80. The highest BCUT2D eigenvalue weighted by molar-refractivity contribution is 5.71. The highest BCUT2D eigenvalue weighted by atomic mass is 16.5. The van der Waals surface area contributed by atoms with E-state index in [1.807, 2.05) is 44.4 Å². The Labute approximate surface area is 121 Å². The third-order valence-corrected chi connectivity index (χ3v) is 3.23. The van der Waals surface area contributed by atoms with Gasteiger partial charge >= 0.3 is 0 Å². The molecule has 0 spiro atoms. The summed E-state index contributed by atoms with van der Waals surface area (Å²) in [6, 6.07) is 14.2. The number of anilines is 1. The molecule has 0 heterocycles. The van der Waals surface area contributed by atoms with E-state index in [1.54, 1.807) is 0 Å². The summed E-state index contributed by atoms with van der Waals surface area (Å²) in [7, 11) is 4.07. The predicted octanol–water partition coefficient (Wildman–Crippen LogP) is 3.18. The van der Waals surface area contributed by atoms with Gasteiger partial charge in [0.2, 0.25) is 0 Å². The summed E-state index contributed by atoms with van der Waals surface area (Å²) >= 11 is 0. The molecular formula is C17H22N2O. The molecule has 0 unspecified atom stereocenters. The van der Waals surface area contributed by atoms with Crippen molar-refractivity contribution in [3.05, 3.63) is 48.0 Å². The summed E-state index contributed by atoms with van der Waals surface area (Å²) in [6.07, 6.45) is 0. The van der Waals surface area contributed by atoms with Gasteiger partial charge in [-0.1, -0.05) is 18.2 Å². The van der Waals surface area contributed by atoms with E-state index in [-0.39, 0.29) is 0 Å². The molecule has 0 aliphatic heterocycles. The Morgan fingerprint density at radius 3 is 2.40 bits per heavy atom. The normalized spacial score (nSPS) is 10.8. The summed E-state index contributed by atoms with van der Waals surface area (Å²) in [5, 5.41) is 0. The second kappa shape index (κ2) is 6.44. The van der Waals surface area contributed by atoms with Crippen LogP contribution in [0.5, 0.6) is 5.75 Å². The molecule has 0 radical (unpaired) electrons. The zero-order valence-electron chi connectivity index (χ0n) is 12.4. The third kappa shape index (κ3) is 3.75. The van der Waals surface area contributed by atoms with Gasteiger partial charge in [-0.3, -0.25) is 0 Å². The Balaban J connectivity index is 2.09. The van der Waals surface area contributed by atoms with Crippen LogP contribution in [0.4, 0.5) is 5.69 Å². The number of nitrogens with zero attached hydrogens (tertiary/aromatic N) is 1. The Kier molecular flexibility index (Phi) is 4.64. The molecule has 0 fully saturated rings. The molecule has 0 bridgehead atoms. The molecular weight excluding hydrogens is 248 g/mol. The zero-order chi connectivity index (χ0) is 14.5. The van der Waals surface area contributed by atoms with E-state index >= 15 is 0 Å². The number of ether oxygens (including phenoxy) is 1. The molecule has 20 heavy (non-hydrogen) atoms. The van der Waals surface area contributed by atoms with E-state index in [0.717, 1.165) is 23.5 Å². The molecule has 0 saturated carbocycles. The largest absolute Gasteiger partial charge is 0.492 e. The zero-order valence-corrected chi connectivity index (χ0v) is 12.4.